The van der Waals surface area contributed by atoms with Gasteiger partial charge in [-0.15, -0.1) is 11.3 Å². The summed E-state index contributed by atoms with van der Waals surface area (Å²) in [7, 11) is 0. The highest BCUT2D eigenvalue weighted by Crippen LogP contribution is 2.30. The molecule has 1 N–H and O–H groups in total. The lowest BCUT2D eigenvalue weighted by atomic mass is 10.0. The van der Waals surface area contributed by atoms with E-state index in [2.05, 4.69) is 5.16 Å². The summed E-state index contributed by atoms with van der Waals surface area (Å²) < 4.78 is 0. The number of thiophene rings is 1. The van der Waals surface area contributed by atoms with Gasteiger partial charge in [-0.05, 0) is 24.3 Å². The van der Waals surface area contributed by atoms with Crippen LogP contribution in [-0.4, -0.2) is 34.3 Å². The van der Waals surface area contributed by atoms with Crippen molar-refractivity contribution in [3.63, 3.8) is 0 Å². The van der Waals surface area contributed by atoms with Gasteiger partial charge in [-0.2, -0.15) is 0 Å². The highest BCUT2D eigenvalue weighted by atomic mass is 32.1. The number of amides is 1. The lowest BCUT2D eigenvalue weighted by molar-refractivity contribution is -0.130. The average Bonchev–Trinajstić information content (AvgIpc) is 2.88. The average molecular weight is 236 g/mol. The van der Waals surface area contributed by atoms with E-state index < -0.39 is 0 Å². The van der Waals surface area contributed by atoms with Crippen LogP contribution in [0.1, 0.15) is 23.3 Å². The van der Waals surface area contributed by atoms with Crippen molar-refractivity contribution in [1.29, 1.82) is 0 Å². The van der Waals surface area contributed by atoms with Gasteiger partial charge in [0.1, 0.15) is 5.71 Å². The van der Waals surface area contributed by atoms with E-state index in [0.29, 0.717) is 12.1 Å². The Morgan fingerprint density at radius 3 is 3.25 bits per heavy atom. The molecule has 2 aliphatic heterocycles. The first kappa shape index (κ1) is 9.84. The fourth-order valence-corrected chi connectivity index (χ4v) is 3.47. The highest BCUT2D eigenvalue weighted by molar-refractivity contribution is 7.10. The van der Waals surface area contributed by atoms with Gasteiger partial charge in [0.2, 0.25) is 5.91 Å². The van der Waals surface area contributed by atoms with Crippen molar-refractivity contribution in [2.45, 2.75) is 25.3 Å². The maximum atomic E-state index is 12.0. The fraction of sp³-hybridized carbons (Fsp3) is 0.455. The molecule has 1 aromatic rings. The summed E-state index contributed by atoms with van der Waals surface area (Å²) in [4.78, 5) is 14.9. The molecule has 3 heterocycles. The van der Waals surface area contributed by atoms with Gasteiger partial charge in [0.25, 0.3) is 0 Å². The van der Waals surface area contributed by atoms with Gasteiger partial charge in [-0.25, -0.2) is 0 Å². The van der Waals surface area contributed by atoms with Crippen molar-refractivity contribution < 1.29 is 10.0 Å². The predicted molar refractivity (Wildman–Crippen MR) is 61.1 cm³/mol. The standard InChI is InChI=1S/C11H12N2O2S/c14-10-6-9-7(3-5-16-9)11(12-15)8-2-1-4-13(8)10/h3,5,8,15H,1-2,4,6H2/b12-11+/t8-/m0/s1. The molecule has 0 spiro atoms. The van der Waals surface area contributed by atoms with Crippen LogP contribution in [0.25, 0.3) is 0 Å². The van der Waals surface area contributed by atoms with Crippen LogP contribution in [0.2, 0.25) is 0 Å². The van der Waals surface area contributed by atoms with Crippen molar-refractivity contribution in [3.05, 3.63) is 21.9 Å². The summed E-state index contributed by atoms with van der Waals surface area (Å²) in [5, 5.41) is 14.5. The van der Waals surface area contributed by atoms with Gasteiger partial charge in [-0.1, -0.05) is 5.16 Å². The molecule has 0 radical (unpaired) electrons. The van der Waals surface area contributed by atoms with Gasteiger partial charge < -0.3 is 10.1 Å². The number of hydrogen-bond acceptors (Lipinski definition) is 4. The minimum atomic E-state index is -0.0200. The smallest absolute Gasteiger partial charge is 0.228 e. The Kier molecular flexibility index (Phi) is 2.21. The summed E-state index contributed by atoms with van der Waals surface area (Å²) in [6.45, 7) is 0.789. The van der Waals surface area contributed by atoms with E-state index in [9.17, 15) is 4.79 Å². The molecule has 2 aliphatic rings. The number of oxime groups is 1. The van der Waals surface area contributed by atoms with E-state index >= 15 is 0 Å². The highest BCUT2D eigenvalue weighted by Gasteiger charge is 2.37. The quantitative estimate of drug-likeness (QED) is 0.548. The number of hydrogen-bond donors (Lipinski definition) is 1. The third kappa shape index (κ3) is 1.28. The summed E-state index contributed by atoms with van der Waals surface area (Å²) in [5.74, 6) is 0.157. The first-order chi connectivity index (χ1) is 7.81. The third-order valence-electron chi connectivity index (χ3n) is 3.33. The molecule has 0 saturated carbocycles. The van der Waals surface area contributed by atoms with E-state index in [0.717, 1.165) is 29.8 Å². The Labute approximate surface area is 97.2 Å². The maximum absolute atomic E-state index is 12.0. The first-order valence-corrected chi connectivity index (χ1v) is 6.27. The number of carbonyl (C=O) groups is 1. The zero-order valence-corrected chi connectivity index (χ0v) is 9.54. The molecule has 0 unspecified atom stereocenters. The molecule has 0 aromatic carbocycles. The van der Waals surface area contributed by atoms with Crippen LogP contribution in [0.4, 0.5) is 0 Å². The molecule has 1 atom stereocenters. The summed E-state index contributed by atoms with van der Waals surface area (Å²) in [6.07, 6.45) is 2.35. The molecular formula is C11H12N2O2S. The Bertz CT molecular complexity index is 466. The Morgan fingerprint density at radius 1 is 1.56 bits per heavy atom. The fourth-order valence-electron chi connectivity index (χ4n) is 2.59. The SMILES string of the molecule is O=C1Cc2sccc2/C(=N\O)[C@@H]2CCCN12. The molecular weight excluding hydrogens is 224 g/mol. The second-order valence-corrected chi connectivity index (χ2v) is 5.17. The van der Waals surface area contributed by atoms with Gasteiger partial charge in [0.05, 0.1) is 12.5 Å². The second kappa shape index (κ2) is 3.59. The minimum Gasteiger partial charge on any atom is -0.411 e. The maximum Gasteiger partial charge on any atom is 0.228 e. The molecule has 1 amide bonds. The zero-order chi connectivity index (χ0) is 11.1. The Balaban J connectivity index is 2.13. The van der Waals surface area contributed by atoms with Gasteiger partial charge in [0.15, 0.2) is 0 Å². The van der Waals surface area contributed by atoms with Crippen LogP contribution in [0.15, 0.2) is 16.6 Å². The lowest BCUT2D eigenvalue weighted by Gasteiger charge is -2.22. The minimum absolute atomic E-state index is 0.0200. The van der Waals surface area contributed by atoms with Crippen molar-refractivity contribution in [3.8, 4) is 0 Å². The van der Waals surface area contributed by atoms with E-state index in [-0.39, 0.29) is 11.9 Å². The number of rotatable bonds is 0. The molecule has 4 nitrogen and oxygen atoms in total. The largest absolute Gasteiger partial charge is 0.411 e. The Hall–Kier alpha value is -1.36. The number of carbonyl (C=O) groups excluding carboxylic acids is 1. The van der Waals surface area contributed by atoms with Crippen molar-refractivity contribution >= 4 is 23.0 Å². The van der Waals surface area contributed by atoms with E-state index in [1.165, 1.54) is 0 Å². The van der Waals surface area contributed by atoms with Crippen molar-refractivity contribution in [2.24, 2.45) is 5.16 Å². The van der Waals surface area contributed by atoms with Crippen LogP contribution in [0.3, 0.4) is 0 Å². The van der Waals surface area contributed by atoms with Gasteiger partial charge in [0, 0.05) is 17.0 Å². The molecule has 16 heavy (non-hydrogen) atoms. The molecule has 1 aromatic heterocycles. The van der Waals surface area contributed by atoms with Crippen molar-refractivity contribution in [1.82, 2.24) is 4.90 Å². The molecule has 1 saturated heterocycles. The van der Waals surface area contributed by atoms with E-state index in [1.807, 2.05) is 16.3 Å². The molecule has 1 fully saturated rings. The van der Waals surface area contributed by atoms with Crippen LogP contribution < -0.4 is 0 Å². The van der Waals surface area contributed by atoms with Gasteiger partial charge >= 0.3 is 0 Å². The zero-order valence-electron chi connectivity index (χ0n) is 8.72. The van der Waals surface area contributed by atoms with Crippen molar-refractivity contribution in [2.75, 3.05) is 6.54 Å². The van der Waals surface area contributed by atoms with E-state index in [1.54, 1.807) is 11.3 Å². The summed E-state index contributed by atoms with van der Waals surface area (Å²) in [5.41, 5.74) is 1.62. The number of fused-ring (bicyclic) bond motifs is 2. The van der Waals surface area contributed by atoms with Crippen LogP contribution in [0, 0.1) is 0 Å². The second-order valence-electron chi connectivity index (χ2n) is 4.16. The Morgan fingerprint density at radius 2 is 2.44 bits per heavy atom. The monoisotopic (exact) mass is 236 g/mol. The van der Waals surface area contributed by atoms with Crippen LogP contribution in [0.5, 0.6) is 0 Å². The molecule has 5 heteroatoms. The summed E-state index contributed by atoms with van der Waals surface area (Å²) in [6, 6.07) is 1.93. The van der Waals surface area contributed by atoms with Crippen LogP contribution >= 0.6 is 11.3 Å². The van der Waals surface area contributed by atoms with Crippen LogP contribution in [-0.2, 0) is 11.2 Å². The molecule has 84 valence electrons. The molecule has 0 aliphatic carbocycles. The number of nitrogens with zero attached hydrogens (tertiary/aromatic N) is 2. The first-order valence-electron chi connectivity index (χ1n) is 5.39. The molecule has 0 bridgehead atoms. The van der Waals surface area contributed by atoms with E-state index in [4.69, 9.17) is 5.21 Å². The molecule has 3 rings (SSSR count). The normalized spacial score (nSPS) is 26.8. The third-order valence-corrected chi connectivity index (χ3v) is 4.25. The lowest BCUT2D eigenvalue weighted by Crippen LogP contribution is -2.39. The summed E-state index contributed by atoms with van der Waals surface area (Å²) >= 11 is 1.56. The predicted octanol–water partition coefficient (Wildman–Crippen LogP) is 1.47. The van der Waals surface area contributed by atoms with Gasteiger partial charge in [-0.3, -0.25) is 4.79 Å². The topological polar surface area (TPSA) is 52.9 Å².